The van der Waals surface area contributed by atoms with Gasteiger partial charge >= 0.3 is 0 Å². The Balaban J connectivity index is 1.52. The van der Waals surface area contributed by atoms with Crippen LogP contribution in [0.1, 0.15) is 44.1 Å². The third-order valence-corrected chi connectivity index (χ3v) is 5.37. The normalized spacial score (nSPS) is 17.3. The predicted molar refractivity (Wildman–Crippen MR) is 116 cm³/mol. The molecule has 1 aromatic carbocycles. The molecule has 2 aromatic rings. The number of non-ortho nitro benzene ring substituents is 1. The van der Waals surface area contributed by atoms with E-state index in [9.17, 15) is 10.1 Å². The van der Waals surface area contributed by atoms with Gasteiger partial charge < -0.3 is 9.80 Å². The quantitative estimate of drug-likeness (QED) is 0.439. The molecule has 10 heteroatoms. The number of nitro benzene ring substituents is 1. The second-order valence-electron chi connectivity index (χ2n) is 7.57. The van der Waals surface area contributed by atoms with Gasteiger partial charge in [0.25, 0.3) is 5.69 Å². The third-order valence-electron chi connectivity index (χ3n) is 5.37. The lowest BCUT2D eigenvalue weighted by atomic mass is 10.1. The summed E-state index contributed by atoms with van der Waals surface area (Å²) in [5.41, 5.74) is 3.71. The summed E-state index contributed by atoms with van der Waals surface area (Å²) < 4.78 is 0. The molecule has 1 aromatic heterocycles. The van der Waals surface area contributed by atoms with Gasteiger partial charge in [-0.05, 0) is 56.2 Å². The molecule has 0 saturated carbocycles. The molecular weight excluding hydrogens is 384 g/mol. The minimum absolute atomic E-state index is 0.0509. The Labute approximate surface area is 175 Å². The summed E-state index contributed by atoms with van der Waals surface area (Å²) in [6, 6.07) is 6.20. The van der Waals surface area contributed by atoms with Gasteiger partial charge in [-0.3, -0.25) is 10.1 Å². The van der Waals surface area contributed by atoms with Crippen molar-refractivity contribution in [2.45, 2.75) is 38.5 Å². The molecule has 3 heterocycles. The Morgan fingerprint density at radius 3 is 1.90 bits per heavy atom. The Morgan fingerprint density at radius 2 is 1.40 bits per heavy atom. The number of aromatic nitrogens is 3. The highest BCUT2D eigenvalue weighted by atomic mass is 16.6. The third kappa shape index (κ3) is 5.00. The lowest BCUT2D eigenvalue weighted by Crippen LogP contribution is -2.34. The number of anilines is 3. The first-order valence-corrected chi connectivity index (χ1v) is 10.5. The van der Waals surface area contributed by atoms with Crippen LogP contribution in [0.2, 0.25) is 0 Å². The number of rotatable bonds is 6. The Morgan fingerprint density at radius 1 is 0.867 bits per heavy atom. The maximum absolute atomic E-state index is 10.8. The van der Waals surface area contributed by atoms with E-state index in [-0.39, 0.29) is 5.69 Å². The molecule has 2 aliphatic heterocycles. The monoisotopic (exact) mass is 410 g/mol. The number of hydrazone groups is 1. The van der Waals surface area contributed by atoms with Gasteiger partial charge in [0.2, 0.25) is 17.8 Å². The van der Waals surface area contributed by atoms with E-state index < -0.39 is 4.92 Å². The number of nitrogens with one attached hydrogen (secondary N) is 1. The Hall–Kier alpha value is -3.30. The lowest BCUT2D eigenvalue weighted by molar-refractivity contribution is -0.384. The zero-order valence-corrected chi connectivity index (χ0v) is 16.9. The SMILES string of the molecule is O=[N+]([O-])c1ccc(/C=N/Nc2nc(N3CCCCC3)nc(N3CCCCC3)n2)cc1. The molecule has 2 fully saturated rings. The van der Waals surface area contributed by atoms with Crippen molar-refractivity contribution in [2.24, 2.45) is 5.10 Å². The summed E-state index contributed by atoms with van der Waals surface area (Å²) in [4.78, 5) is 28.7. The van der Waals surface area contributed by atoms with Gasteiger partial charge in [-0.2, -0.15) is 20.1 Å². The standard InChI is InChI=1S/C20H26N8O2/c29-28(30)17-9-7-16(8-10-17)15-21-25-18-22-19(26-11-3-1-4-12-26)24-20(23-18)27-13-5-2-6-14-27/h7-10,15H,1-6,11-14H2,(H,22,23,24,25)/b21-15+. The van der Waals surface area contributed by atoms with Crippen LogP contribution in [0.3, 0.4) is 0 Å². The van der Waals surface area contributed by atoms with Crippen molar-refractivity contribution in [1.29, 1.82) is 0 Å². The fourth-order valence-electron chi connectivity index (χ4n) is 3.72. The largest absolute Gasteiger partial charge is 0.341 e. The Kier molecular flexibility index (Phi) is 6.31. The van der Waals surface area contributed by atoms with Crippen LogP contribution >= 0.6 is 0 Å². The number of piperidine rings is 2. The van der Waals surface area contributed by atoms with Crippen LogP contribution in [0.4, 0.5) is 23.5 Å². The second-order valence-corrected chi connectivity index (χ2v) is 7.57. The fraction of sp³-hybridized carbons (Fsp3) is 0.500. The average molecular weight is 410 g/mol. The summed E-state index contributed by atoms with van der Waals surface area (Å²) in [6.07, 6.45) is 8.65. The first-order valence-electron chi connectivity index (χ1n) is 10.5. The highest BCUT2D eigenvalue weighted by Gasteiger charge is 2.20. The Bertz CT molecular complexity index is 854. The van der Waals surface area contributed by atoms with Crippen molar-refractivity contribution in [2.75, 3.05) is 41.4 Å². The van der Waals surface area contributed by atoms with Gasteiger partial charge in [0, 0.05) is 38.3 Å². The number of hydrogen-bond donors (Lipinski definition) is 1. The van der Waals surface area contributed by atoms with Crippen molar-refractivity contribution in [3.63, 3.8) is 0 Å². The minimum atomic E-state index is -0.422. The van der Waals surface area contributed by atoms with Crippen LogP contribution in [0.25, 0.3) is 0 Å². The first-order chi connectivity index (χ1) is 14.7. The molecule has 0 amide bonds. The summed E-state index contributed by atoms with van der Waals surface area (Å²) in [5.74, 6) is 1.79. The van der Waals surface area contributed by atoms with Gasteiger partial charge in [0.05, 0.1) is 11.1 Å². The van der Waals surface area contributed by atoms with E-state index in [2.05, 4.69) is 30.3 Å². The van der Waals surface area contributed by atoms with Gasteiger partial charge in [0.1, 0.15) is 0 Å². The number of nitrogens with zero attached hydrogens (tertiary/aromatic N) is 7. The van der Waals surface area contributed by atoms with Crippen LogP contribution in [0, 0.1) is 10.1 Å². The van der Waals surface area contributed by atoms with E-state index in [1.165, 1.54) is 25.0 Å². The van der Waals surface area contributed by atoms with Crippen LogP contribution in [-0.4, -0.2) is 52.3 Å². The predicted octanol–water partition coefficient (Wildman–Crippen LogP) is 3.21. The van der Waals surface area contributed by atoms with E-state index in [1.54, 1.807) is 18.3 Å². The first kappa shape index (κ1) is 20.0. The number of benzene rings is 1. The zero-order valence-electron chi connectivity index (χ0n) is 16.9. The van der Waals surface area contributed by atoms with Crippen molar-refractivity contribution < 1.29 is 4.92 Å². The maximum atomic E-state index is 10.8. The van der Waals surface area contributed by atoms with Gasteiger partial charge in [-0.25, -0.2) is 5.43 Å². The van der Waals surface area contributed by atoms with Gasteiger partial charge in [0.15, 0.2) is 0 Å². The highest BCUT2D eigenvalue weighted by Crippen LogP contribution is 2.22. The highest BCUT2D eigenvalue weighted by molar-refractivity contribution is 5.80. The fourth-order valence-corrected chi connectivity index (χ4v) is 3.72. The number of nitro groups is 1. The van der Waals surface area contributed by atoms with Gasteiger partial charge in [-0.1, -0.05) is 0 Å². The smallest absolute Gasteiger partial charge is 0.269 e. The van der Waals surface area contributed by atoms with E-state index in [0.717, 1.165) is 57.4 Å². The lowest BCUT2D eigenvalue weighted by Gasteiger charge is -2.30. The molecule has 0 aliphatic carbocycles. The van der Waals surface area contributed by atoms with E-state index in [4.69, 9.17) is 4.98 Å². The summed E-state index contributed by atoms with van der Waals surface area (Å²) >= 11 is 0. The average Bonchev–Trinajstić information content (AvgIpc) is 2.80. The molecule has 2 aliphatic rings. The van der Waals surface area contributed by atoms with Crippen molar-refractivity contribution >= 4 is 29.7 Å². The van der Waals surface area contributed by atoms with Crippen LogP contribution in [0.5, 0.6) is 0 Å². The van der Waals surface area contributed by atoms with Crippen molar-refractivity contribution in [1.82, 2.24) is 15.0 Å². The molecule has 2 saturated heterocycles. The minimum Gasteiger partial charge on any atom is -0.341 e. The summed E-state index contributed by atoms with van der Waals surface area (Å²) in [5, 5.41) is 15.0. The van der Waals surface area contributed by atoms with E-state index >= 15 is 0 Å². The molecule has 30 heavy (non-hydrogen) atoms. The molecule has 0 unspecified atom stereocenters. The molecule has 158 valence electrons. The molecule has 1 N–H and O–H groups in total. The molecule has 0 atom stereocenters. The van der Waals surface area contributed by atoms with E-state index in [1.807, 2.05) is 0 Å². The van der Waals surface area contributed by atoms with Crippen molar-refractivity contribution in [3.8, 4) is 0 Å². The molecule has 0 radical (unpaired) electrons. The molecule has 0 spiro atoms. The summed E-state index contributed by atoms with van der Waals surface area (Å²) in [7, 11) is 0. The van der Waals surface area contributed by atoms with E-state index in [0.29, 0.717) is 17.8 Å². The van der Waals surface area contributed by atoms with Crippen LogP contribution in [-0.2, 0) is 0 Å². The molecule has 4 rings (SSSR count). The summed E-state index contributed by atoms with van der Waals surface area (Å²) in [6.45, 7) is 3.81. The molecule has 0 bridgehead atoms. The zero-order chi connectivity index (χ0) is 20.8. The van der Waals surface area contributed by atoms with Crippen molar-refractivity contribution in [3.05, 3.63) is 39.9 Å². The second kappa shape index (κ2) is 9.47. The van der Waals surface area contributed by atoms with Crippen LogP contribution < -0.4 is 15.2 Å². The molecular formula is C20H26N8O2. The molecule has 10 nitrogen and oxygen atoms in total. The van der Waals surface area contributed by atoms with Gasteiger partial charge in [-0.15, -0.1) is 0 Å². The maximum Gasteiger partial charge on any atom is 0.269 e. The number of hydrogen-bond acceptors (Lipinski definition) is 9. The van der Waals surface area contributed by atoms with Crippen LogP contribution in [0.15, 0.2) is 29.4 Å². The topological polar surface area (TPSA) is 113 Å².